The van der Waals surface area contributed by atoms with Crippen LogP contribution in [0.3, 0.4) is 0 Å². The van der Waals surface area contributed by atoms with Gasteiger partial charge in [0.2, 0.25) is 0 Å². The monoisotopic (exact) mass is 271 g/mol. The quantitative estimate of drug-likeness (QED) is 0.613. The van der Waals surface area contributed by atoms with Gasteiger partial charge in [-0.1, -0.05) is 0 Å². The van der Waals surface area contributed by atoms with Crippen molar-refractivity contribution in [2.24, 2.45) is 0 Å². The lowest BCUT2D eigenvalue weighted by molar-refractivity contribution is 0.233. The summed E-state index contributed by atoms with van der Waals surface area (Å²) in [6.45, 7) is -10.6. The first-order valence-electron chi connectivity index (χ1n) is 8.87. The summed E-state index contributed by atoms with van der Waals surface area (Å²) in [4.78, 5) is 0. The van der Waals surface area contributed by atoms with E-state index < -0.39 is 51.9 Å². The molecule has 7 heteroatoms. The van der Waals surface area contributed by atoms with Crippen LogP contribution in [-0.2, 0) is 9.09 Å². The summed E-state index contributed by atoms with van der Waals surface area (Å²) in [5.74, 6) is -6.11. The second-order valence-electron chi connectivity index (χ2n) is 2.06. The first-order chi connectivity index (χ1) is 10.7. The van der Waals surface area contributed by atoms with Gasteiger partial charge in [0.05, 0.1) is 9.30 Å². The first kappa shape index (κ1) is 4.17. The highest BCUT2D eigenvalue weighted by molar-refractivity contribution is 7.54. The van der Waals surface area contributed by atoms with Gasteiger partial charge >= 0.3 is 7.67 Å². The largest absolute Gasteiger partial charge is 0.343 e. The van der Waals surface area contributed by atoms with Gasteiger partial charge in [-0.15, -0.1) is 23.2 Å². The highest BCUT2D eigenvalue weighted by Crippen LogP contribution is 2.47. The minimum absolute atomic E-state index is 0.179. The molecule has 1 N–H and O–H groups in total. The Hall–Kier alpha value is 0.690. The molecule has 1 heterocycles. The molecule has 4 nitrogen and oxygen atoms in total. The van der Waals surface area contributed by atoms with Gasteiger partial charge < -0.3 is 4.52 Å². The van der Waals surface area contributed by atoms with Gasteiger partial charge in [0.25, 0.3) is 0 Å². The molecule has 0 bridgehead atoms. The highest BCUT2D eigenvalue weighted by Gasteiger charge is 2.32. The zero-order chi connectivity index (χ0) is 20.3. The lowest BCUT2D eigenvalue weighted by Gasteiger charge is -2.33. The van der Waals surface area contributed by atoms with E-state index in [9.17, 15) is 4.57 Å². The van der Waals surface area contributed by atoms with Crippen molar-refractivity contribution in [1.82, 2.24) is 9.75 Å². The van der Waals surface area contributed by atoms with Crippen LogP contribution in [0.15, 0.2) is 0 Å². The molecule has 0 aliphatic carbocycles. The SMILES string of the molecule is [2H]N1C([2H])([2H])CC([2H])([2H])OP1(=O)N(CC([2H])([2H])Cl)C([2H])([2H])C([2H])([2H])Cl. The highest BCUT2D eigenvalue weighted by atomic mass is 35.5. The number of hydrogen-bond donors (Lipinski definition) is 1. The zero-order valence-corrected chi connectivity index (χ0v) is 9.23. The Morgan fingerprint density at radius 1 is 1.71 bits per heavy atom. The number of rotatable bonds is 5. The Bertz CT molecular complexity index is 566. The van der Waals surface area contributed by atoms with Crippen molar-refractivity contribution in [3.63, 3.8) is 0 Å². The molecule has 1 atom stereocenters. The number of alkyl halides is 2. The summed E-state index contributed by atoms with van der Waals surface area (Å²) in [6.07, 6.45) is -1.05. The summed E-state index contributed by atoms with van der Waals surface area (Å²) >= 11 is 10.7. The standard InChI is InChI=1S/C7H15Cl2N2O2P/c8-2-5-11(6-3-9)14(12)10-4-1-7-13-14/h1-7H2,(H,10,12)/i2D2,3D2,4D2,5D2,7D2/hD. The van der Waals surface area contributed by atoms with Gasteiger partial charge in [-0.25, -0.2) is 9.75 Å². The van der Waals surface area contributed by atoms with Crippen molar-refractivity contribution in [2.75, 3.05) is 37.8 Å². The molecule has 1 rings (SSSR count). The Kier molecular flexibility index (Phi) is 1.88. The summed E-state index contributed by atoms with van der Waals surface area (Å²) in [6, 6.07) is 0. The average molecular weight is 272 g/mol. The molecule has 14 heavy (non-hydrogen) atoms. The summed E-state index contributed by atoms with van der Waals surface area (Å²) in [7, 11) is -5.31. The van der Waals surface area contributed by atoms with Crippen molar-refractivity contribution >= 4 is 30.9 Å². The molecule has 0 saturated carbocycles. The lowest BCUT2D eigenvalue weighted by Crippen LogP contribution is -2.35. The molecule has 0 radical (unpaired) electrons. The van der Waals surface area contributed by atoms with Crippen LogP contribution in [0.5, 0.6) is 0 Å². The first-order valence-corrected chi connectivity index (χ1v) is 5.71. The maximum absolute atomic E-state index is 13.1. The van der Waals surface area contributed by atoms with Crippen LogP contribution < -0.4 is 5.08 Å². The molecular weight excluding hydrogens is 246 g/mol. The topological polar surface area (TPSA) is 41.6 Å². The molecule has 0 aromatic heterocycles. The second kappa shape index (κ2) is 6.31. The van der Waals surface area contributed by atoms with Gasteiger partial charge in [-0.05, 0) is 6.42 Å². The summed E-state index contributed by atoms with van der Waals surface area (Å²) in [5, 5.41) is -0.343. The molecule has 0 aromatic carbocycles. The number of nitrogens with zero attached hydrogens (tertiary/aromatic N) is 1. The Labute approximate surface area is 110 Å². The Balaban J connectivity index is 3.59. The summed E-state index contributed by atoms with van der Waals surface area (Å²) < 4.78 is 101. The third-order valence-electron chi connectivity index (χ3n) is 1.22. The molecule has 0 aromatic rings. The number of nitrogens with one attached hydrogen (secondary N) is 1. The van der Waals surface area contributed by atoms with Crippen molar-refractivity contribution in [1.29, 1.82) is 0 Å². The predicted octanol–water partition coefficient (Wildman–Crippen LogP) is 1.88. The van der Waals surface area contributed by atoms with E-state index in [4.69, 9.17) is 38.3 Å². The molecule has 1 aliphatic rings. The van der Waals surface area contributed by atoms with E-state index in [0.29, 0.717) is 0 Å². The molecule has 0 amide bonds. The molecule has 1 saturated heterocycles. The van der Waals surface area contributed by atoms with E-state index in [1.54, 1.807) is 0 Å². The maximum atomic E-state index is 13.1. The van der Waals surface area contributed by atoms with Gasteiger partial charge in [0.15, 0.2) is 0 Å². The van der Waals surface area contributed by atoms with Gasteiger partial charge in [0, 0.05) is 42.2 Å². The van der Waals surface area contributed by atoms with Crippen LogP contribution in [0, 0.1) is 0 Å². The van der Waals surface area contributed by atoms with Crippen molar-refractivity contribution < 1.29 is 24.2 Å². The number of halogens is 2. The molecule has 0 spiro atoms. The van der Waals surface area contributed by atoms with Gasteiger partial charge in [0.1, 0.15) is 1.41 Å². The molecule has 1 unspecified atom stereocenters. The number of hydrogen-bond acceptors (Lipinski definition) is 2. The fourth-order valence-corrected chi connectivity index (χ4v) is 2.21. The molecular formula is C7H15Cl2N2O2P. The van der Waals surface area contributed by atoms with Gasteiger partial charge in [-0.2, -0.15) is 0 Å². The predicted molar refractivity (Wildman–Crippen MR) is 59.2 cm³/mol. The van der Waals surface area contributed by atoms with E-state index in [1.807, 2.05) is 0 Å². The van der Waals surface area contributed by atoms with Crippen molar-refractivity contribution in [2.45, 2.75) is 6.42 Å². The summed E-state index contributed by atoms with van der Waals surface area (Å²) in [5.41, 5.74) is 0. The smallest absolute Gasteiger partial charge is 0.306 e. The molecule has 1 fully saturated rings. The van der Waals surface area contributed by atoms with E-state index >= 15 is 0 Å². The van der Waals surface area contributed by atoms with E-state index in [2.05, 4.69) is 4.52 Å². The van der Waals surface area contributed by atoms with Crippen LogP contribution in [-0.4, -0.2) is 42.4 Å². The zero-order valence-electron chi connectivity index (χ0n) is 17.8. The third-order valence-corrected chi connectivity index (χ3v) is 3.03. The van der Waals surface area contributed by atoms with Crippen LogP contribution >= 0.6 is 30.9 Å². The fourth-order valence-electron chi connectivity index (χ4n) is 0.694. The van der Waals surface area contributed by atoms with Crippen LogP contribution in [0.25, 0.3) is 0 Å². The lowest BCUT2D eigenvalue weighted by atomic mass is 10.5. The van der Waals surface area contributed by atoms with E-state index in [1.165, 1.54) is 0 Å². The Morgan fingerprint density at radius 3 is 3.14 bits per heavy atom. The molecule has 84 valence electrons. The normalized spacial score (nSPS) is 51.5. The van der Waals surface area contributed by atoms with E-state index in [0.717, 1.165) is 0 Å². The van der Waals surface area contributed by atoms with Crippen LogP contribution in [0.2, 0.25) is 1.41 Å². The van der Waals surface area contributed by atoms with Crippen LogP contribution in [0.4, 0.5) is 0 Å². The van der Waals surface area contributed by atoms with Crippen molar-refractivity contribution in [3.8, 4) is 0 Å². The minimum atomic E-state index is -5.31. The fraction of sp³-hybridized carbons (Fsp3) is 1.00. The minimum Gasteiger partial charge on any atom is -0.306 e. The van der Waals surface area contributed by atoms with Crippen LogP contribution in [0.1, 0.15) is 20.1 Å². The second-order valence-corrected chi connectivity index (χ2v) is 4.36. The third kappa shape index (κ3) is 3.37. The average Bonchev–Trinajstić information content (AvgIpc) is 2.28. The molecule has 1 aliphatic heterocycles. The van der Waals surface area contributed by atoms with Crippen molar-refractivity contribution in [3.05, 3.63) is 0 Å². The van der Waals surface area contributed by atoms with Gasteiger partial charge in [-0.3, -0.25) is 4.57 Å². The van der Waals surface area contributed by atoms with E-state index in [-0.39, 0.29) is 9.75 Å². The Morgan fingerprint density at radius 2 is 2.50 bits per heavy atom. The maximum Gasteiger partial charge on any atom is 0.343 e.